The predicted octanol–water partition coefficient (Wildman–Crippen LogP) is 2.24. The Morgan fingerprint density at radius 3 is 3.15 bits per heavy atom. The van der Waals surface area contributed by atoms with Crippen LogP contribution in [0.15, 0.2) is 19.1 Å². The van der Waals surface area contributed by atoms with Gasteiger partial charge < -0.3 is 0 Å². The Balaban J connectivity index is 2.82. The fraction of sp³-hybridized carbons (Fsp3) is 0.111. The third kappa shape index (κ3) is 1.10. The number of thiazole rings is 1. The number of hydrogen-bond acceptors (Lipinski definition) is 3. The summed E-state index contributed by atoms with van der Waals surface area (Å²) in [5.74, 6) is 0. The van der Waals surface area contributed by atoms with E-state index in [-0.39, 0.29) is 0 Å². The molecule has 0 fully saturated rings. The van der Waals surface area contributed by atoms with E-state index in [1.807, 2.05) is 6.92 Å². The van der Waals surface area contributed by atoms with Gasteiger partial charge in [0.05, 0.1) is 11.1 Å². The lowest BCUT2D eigenvalue weighted by Crippen LogP contribution is -1.90. The molecule has 0 saturated heterocycles. The maximum Gasteiger partial charge on any atom is 0.168 e. The molecule has 0 atom stereocenters. The quantitative estimate of drug-likeness (QED) is 0.684. The SMILES string of the molecule is C=C(C)c1sc2cncn2c1C=O. The van der Waals surface area contributed by atoms with Crippen LogP contribution in [-0.2, 0) is 0 Å². The maximum absolute atomic E-state index is 10.8. The number of nitrogens with zero attached hydrogens (tertiary/aromatic N) is 2. The minimum absolute atomic E-state index is 0.644. The van der Waals surface area contributed by atoms with Gasteiger partial charge in [0.1, 0.15) is 16.9 Å². The summed E-state index contributed by atoms with van der Waals surface area (Å²) in [5, 5.41) is 0. The van der Waals surface area contributed by atoms with Gasteiger partial charge >= 0.3 is 0 Å². The number of carbonyl (C=O) groups is 1. The van der Waals surface area contributed by atoms with Crippen molar-refractivity contribution >= 4 is 28.0 Å². The lowest BCUT2D eigenvalue weighted by molar-refractivity contribution is 0.111. The summed E-state index contributed by atoms with van der Waals surface area (Å²) >= 11 is 1.53. The standard InChI is InChI=1S/C9H8N2OS/c1-6(2)9-7(4-12)11-5-10-3-8(11)13-9/h3-5H,1H2,2H3. The maximum atomic E-state index is 10.8. The van der Waals surface area contributed by atoms with E-state index in [4.69, 9.17) is 0 Å². The number of rotatable bonds is 2. The first-order chi connectivity index (χ1) is 6.24. The second-order valence-electron chi connectivity index (χ2n) is 2.82. The lowest BCUT2D eigenvalue weighted by atomic mass is 10.2. The summed E-state index contributed by atoms with van der Waals surface area (Å²) < 4.78 is 1.78. The van der Waals surface area contributed by atoms with E-state index in [0.29, 0.717) is 5.69 Å². The van der Waals surface area contributed by atoms with Gasteiger partial charge in [-0.25, -0.2) is 4.98 Å². The Morgan fingerprint density at radius 1 is 1.77 bits per heavy atom. The van der Waals surface area contributed by atoms with Crippen LogP contribution in [0.5, 0.6) is 0 Å². The summed E-state index contributed by atoms with van der Waals surface area (Å²) in [7, 11) is 0. The van der Waals surface area contributed by atoms with Gasteiger partial charge in [-0.05, 0) is 12.5 Å². The molecule has 2 aromatic rings. The zero-order valence-corrected chi connectivity index (χ0v) is 7.97. The summed E-state index contributed by atoms with van der Waals surface area (Å²) in [6.45, 7) is 5.72. The van der Waals surface area contributed by atoms with Crippen LogP contribution >= 0.6 is 11.3 Å². The Labute approximate surface area is 79.3 Å². The zero-order valence-electron chi connectivity index (χ0n) is 7.15. The van der Waals surface area contributed by atoms with E-state index < -0.39 is 0 Å². The summed E-state index contributed by atoms with van der Waals surface area (Å²) in [6.07, 6.45) is 4.22. The summed E-state index contributed by atoms with van der Waals surface area (Å²) in [5.41, 5.74) is 1.56. The molecule has 0 aliphatic carbocycles. The van der Waals surface area contributed by atoms with Gasteiger partial charge in [-0.1, -0.05) is 6.58 Å². The van der Waals surface area contributed by atoms with Crippen molar-refractivity contribution in [3.05, 3.63) is 29.7 Å². The Bertz CT molecular complexity index is 481. The molecule has 3 nitrogen and oxygen atoms in total. The molecule has 0 spiro atoms. The number of aldehydes is 1. The van der Waals surface area contributed by atoms with Crippen molar-refractivity contribution in [1.82, 2.24) is 9.38 Å². The average molecular weight is 192 g/mol. The fourth-order valence-corrected chi connectivity index (χ4v) is 2.21. The normalized spacial score (nSPS) is 10.5. The van der Waals surface area contributed by atoms with Crippen molar-refractivity contribution < 1.29 is 4.79 Å². The number of aromatic nitrogens is 2. The molecule has 0 aromatic carbocycles. The van der Waals surface area contributed by atoms with Gasteiger partial charge in [-0.2, -0.15) is 0 Å². The lowest BCUT2D eigenvalue weighted by Gasteiger charge is -1.93. The van der Waals surface area contributed by atoms with Gasteiger partial charge in [0, 0.05) is 0 Å². The van der Waals surface area contributed by atoms with Gasteiger partial charge in [-0.3, -0.25) is 9.20 Å². The highest BCUT2D eigenvalue weighted by Crippen LogP contribution is 2.27. The molecule has 13 heavy (non-hydrogen) atoms. The third-order valence-electron chi connectivity index (χ3n) is 1.80. The second-order valence-corrected chi connectivity index (χ2v) is 3.85. The number of fused-ring (bicyclic) bond motifs is 1. The monoisotopic (exact) mass is 192 g/mol. The van der Waals surface area contributed by atoms with Gasteiger partial charge in [0.25, 0.3) is 0 Å². The molecule has 0 amide bonds. The molecule has 0 saturated carbocycles. The highest BCUT2D eigenvalue weighted by atomic mass is 32.1. The first-order valence-electron chi connectivity index (χ1n) is 3.80. The van der Waals surface area contributed by atoms with Gasteiger partial charge in [-0.15, -0.1) is 11.3 Å². The topological polar surface area (TPSA) is 34.4 Å². The molecule has 0 aliphatic heterocycles. The Kier molecular flexibility index (Phi) is 1.77. The van der Waals surface area contributed by atoms with Crippen LogP contribution in [0.2, 0.25) is 0 Å². The molecule has 2 heterocycles. The minimum atomic E-state index is 0.644. The van der Waals surface area contributed by atoms with Crippen molar-refractivity contribution in [3.8, 4) is 0 Å². The van der Waals surface area contributed by atoms with Crippen molar-refractivity contribution in [2.24, 2.45) is 0 Å². The number of allylic oxidation sites excluding steroid dienone is 1. The van der Waals surface area contributed by atoms with Gasteiger partial charge in [0.2, 0.25) is 0 Å². The molecule has 0 N–H and O–H groups in total. The summed E-state index contributed by atoms with van der Waals surface area (Å²) in [6, 6.07) is 0. The van der Waals surface area contributed by atoms with Crippen LogP contribution in [0.25, 0.3) is 10.4 Å². The molecule has 0 bridgehead atoms. The smallest absolute Gasteiger partial charge is 0.168 e. The van der Waals surface area contributed by atoms with Crippen LogP contribution < -0.4 is 0 Å². The highest BCUT2D eigenvalue weighted by Gasteiger charge is 2.11. The van der Waals surface area contributed by atoms with Crippen LogP contribution in [0.4, 0.5) is 0 Å². The van der Waals surface area contributed by atoms with E-state index in [0.717, 1.165) is 21.6 Å². The van der Waals surface area contributed by atoms with Crippen LogP contribution in [0, 0.1) is 0 Å². The first-order valence-corrected chi connectivity index (χ1v) is 4.61. The van der Waals surface area contributed by atoms with E-state index in [9.17, 15) is 4.79 Å². The summed E-state index contributed by atoms with van der Waals surface area (Å²) in [4.78, 5) is 16.7. The molecule has 66 valence electrons. The molecule has 0 radical (unpaired) electrons. The van der Waals surface area contributed by atoms with E-state index in [1.54, 1.807) is 16.9 Å². The Morgan fingerprint density at radius 2 is 2.54 bits per heavy atom. The minimum Gasteiger partial charge on any atom is -0.296 e. The average Bonchev–Trinajstić information content (AvgIpc) is 2.60. The van der Waals surface area contributed by atoms with E-state index in [1.165, 1.54) is 11.3 Å². The van der Waals surface area contributed by atoms with Crippen molar-refractivity contribution in [2.75, 3.05) is 0 Å². The highest BCUT2D eigenvalue weighted by molar-refractivity contribution is 7.18. The van der Waals surface area contributed by atoms with Crippen LogP contribution in [0.1, 0.15) is 22.3 Å². The van der Waals surface area contributed by atoms with E-state index in [2.05, 4.69) is 11.6 Å². The molecule has 2 aromatic heterocycles. The molecular formula is C9H8N2OS. The zero-order chi connectivity index (χ0) is 9.42. The fourth-order valence-electron chi connectivity index (χ4n) is 1.22. The number of imidazole rings is 1. The third-order valence-corrected chi connectivity index (χ3v) is 3.08. The largest absolute Gasteiger partial charge is 0.296 e. The number of carbonyl (C=O) groups excluding carboxylic acids is 1. The molecule has 2 rings (SSSR count). The number of hydrogen-bond donors (Lipinski definition) is 0. The predicted molar refractivity (Wildman–Crippen MR) is 53.2 cm³/mol. The van der Waals surface area contributed by atoms with Gasteiger partial charge in [0.15, 0.2) is 6.29 Å². The first kappa shape index (κ1) is 8.19. The van der Waals surface area contributed by atoms with Crippen LogP contribution in [0.3, 0.4) is 0 Å². The van der Waals surface area contributed by atoms with Crippen molar-refractivity contribution in [2.45, 2.75) is 6.92 Å². The van der Waals surface area contributed by atoms with E-state index >= 15 is 0 Å². The van der Waals surface area contributed by atoms with Crippen molar-refractivity contribution in [3.63, 3.8) is 0 Å². The molecular weight excluding hydrogens is 184 g/mol. The van der Waals surface area contributed by atoms with Crippen molar-refractivity contribution in [1.29, 1.82) is 0 Å². The molecule has 0 unspecified atom stereocenters. The second kappa shape index (κ2) is 2.81. The van der Waals surface area contributed by atoms with Crippen LogP contribution in [-0.4, -0.2) is 15.7 Å². The molecule has 4 heteroatoms. The Hall–Kier alpha value is -1.42. The molecule has 0 aliphatic rings.